The second-order valence-corrected chi connectivity index (χ2v) is 8.21. The smallest absolute Gasteiger partial charge is 0.224 e. The van der Waals surface area contributed by atoms with Crippen LogP contribution in [-0.2, 0) is 23.0 Å². The highest BCUT2D eigenvalue weighted by atomic mass is 35.5. The first-order valence-corrected chi connectivity index (χ1v) is 10.6. The van der Waals surface area contributed by atoms with Crippen LogP contribution in [0, 0.1) is 0 Å². The number of sulfonamides is 1. The quantitative estimate of drug-likeness (QED) is 0.605. The molecule has 3 heterocycles. The molecule has 11 heteroatoms. The number of methoxy groups -OCH3 is 1. The SMILES string of the molecule is CCc1nnc2n1CCOc1ncc([N-]S(=O)(=O)c3cc(Cl)ccc3OC)cc1-2. The van der Waals surface area contributed by atoms with E-state index >= 15 is 0 Å². The van der Waals surface area contributed by atoms with Gasteiger partial charge in [0, 0.05) is 17.6 Å². The molecular formula is C18H17ClN5O4S-. The van der Waals surface area contributed by atoms with Crippen molar-refractivity contribution in [3.05, 3.63) is 46.0 Å². The van der Waals surface area contributed by atoms with E-state index in [0.29, 0.717) is 36.8 Å². The zero-order valence-electron chi connectivity index (χ0n) is 15.7. The van der Waals surface area contributed by atoms with Crippen molar-refractivity contribution in [2.24, 2.45) is 0 Å². The molecule has 1 aliphatic rings. The van der Waals surface area contributed by atoms with E-state index in [4.69, 9.17) is 21.1 Å². The topological polar surface area (TPSA) is 110 Å². The van der Waals surface area contributed by atoms with Crippen LogP contribution in [0.4, 0.5) is 5.69 Å². The molecule has 0 N–H and O–H groups in total. The predicted molar refractivity (Wildman–Crippen MR) is 106 cm³/mol. The van der Waals surface area contributed by atoms with Gasteiger partial charge in [-0.15, -0.1) is 15.9 Å². The molecule has 3 aromatic rings. The van der Waals surface area contributed by atoms with Crippen LogP contribution in [0.2, 0.25) is 5.02 Å². The van der Waals surface area contributed by atoms with Gasteiger partial charge in [0.1, 0.15) is 28.2 Å². The van der Waals surface area contributed by atoms with Gasteiger partial charge in [0.05, 0.1) is 24.1 Å². The van der Waals surface area contributed by atoms with Gasteiger partial charge in [0.15, 0.2) is 5.82 Å². The molecule has 0 saturated heterocycles. The van der Waals surface area contributed by atoms with Gasteiger partial charge in [-0.05, 0) is 18.2 Å². The lowest BCUT2D eigenvalue weighted by Crippen LogP contribution is -2.09. The molecule has 0 amide bonds. The Labute approximate surface area is 172 Å². The molecule has 0 atom stereocenters. The van der Waals surface area contributed by atoms with E-state index in [9.17, 15) is 8.42 Å². The van der Waals surface area contributed by atoms with Crippen molar-refractivity contribution in [1.29, 1.82) is 0 Å². The second kappa shape index (κ2) is 7.53. The maximum Gasteiger partial charge on any atom is 0.224 e. The summed E-state index contributed by atoms with van der Waals surface area (Å²) in [5.41, 5.74) is 0.660. The molecule has 152 valence electrons. The third kappa shape index (κ3) is 3.60. The highest BCUT2D eigenvalue weighted by molar-refractivity contribution is 7.94. The van der Waals surface area contributed by atoms with Crippen molar-refractivity contribution in [2.75, 3.05) is 13.7 Å². The number of ether oxygens (including phenoxy) is 2. The van der Waals surface area contributed by atoms with Gasteiger partial charge < -0.3 is 18.8 Å². The second-order valence-electron chi connectivity index (χ2n) is 6.20. The third-order valence-corrected chi connectivity index (χ3v) is 5.97. The zero-order chi connectivity index (χ0) is 20.6. The molecule has 9 nitrogen and oxygen atoms in total. The molecule has 0 radical (unpaired) electrons. The molecule has 0 bridgehead atoms. The maximum atomic E-state index is 12.9. The van der Waals surface area contributed by atoms with Crippen LogP contribution in [-0.4, -0.2) is 41.9 Å². The van der Waals surface area contributed by atoms with Gasteiger partial charge in [-0.1, -0.05) is 24.6 Å². The predicted octanol–water partition coefficient (Wildman–Crippen LogP) is 3.35. The van der Waals surface area contributed by atoms with E-state index < -0.39 is 10.0 Å². The fraction of sp³-hybridized carbons (Fsp3) is 0.278. The van der Waals surface area contributed by atoms with E-state index in [2.05, 4.69) is 19.9 Å². The number of benzene rings is 1. The summed E-state index contributed by atoms with van der Waals surface area (Å²) in [6, 6.07) is 5.88. The first kappa shape index (κ1) is 19.5. The van der Waals surface area contributed by atoms with Crippen molar-refractivity contribution in [1.82, 2.24) is 19.7 Å². The summed E-state index contributed by atoms with van der Waals surface area (Å²) < 4.78 is 42.4. The summed E-state index contributed by atoms with van der Waals surface area (Å²) in [6.45, 7) is 2.97. The van der Waals surface area contributed by atoms with Crippen LogP contribution in [0.3, 0.4) is 0 Å². The zero-order valence-corrected chi connectivity index (χ0v) is 17.2. The molecule has 2 aromatic heterocycles. The number of pyridine rings is 1. The van der Waals surface area contributed by atoms with E-state index in [1.54, 1.807) is 12.1 Å². The maximum absolute atomic E-state index is 12.9. The fourth-order valence-corrected chi connectivity index (χ4v) is 4.47. The molecule has 0 unspecified atom stereocenters. The molecule has 0 fully saturated rings. The lowest BCUT2D eigenvalue weighted by Gasteiger charge is -2.23. The number of aromatic nitrogens is 4. The number of fused-ring (bicyclic) bond motifs is 3. The van der Waals surface area contributed by atoms with E-state index in [1.807, 2.05) is 11.5 Å². The van der Waals surface area contributed by atoms with Gasteiger partial charge >= 0.3 is 0 Å². The van der Waals surface area contributed by atoms with Crippen molar-refractivity contribution in [3.8, 4) is 23.0 Å². The molecule has 0 aliphatic carbocycles. The minimum Gasteiger partial charge on any atom is -0.571 e. The number of hydrogen-bond acceptors (Lipinski definition) is 7. The largest absolute Gasteiger partial charge is 0.571 e. The van der Waals surface area contributed by atoms with E-state index in [-0.39, 0.29) is 21.4 Å². The van der Waals surface area contributed by atoms with Crippen molar-refractivity contribution >= 4 is 27.3 Å². The Hall–Kier alpha value is -2.85. The first-order chi connectivity index (χ1) is 13.9. The fourth-order valence-electron chi connectivity index (χ4n) is 3.07. The highest BCUT2D eigenvalue weighted by Crippen LogP contribution is 2.38. The third-order valence-electron chi connectivity index (χ3n) is 4.40. The standard InChI is InChI=1S/C18H17ClN5O4S/c1-3-16-21-22-17-13-9-12(10-20-18(13)28-7-6-24(16)17)23-29(25,26)15-8-11(19)4-5-14(15)27-2/h4-5,8-10H,3,6-7H2,1-2H3/q-1. The van der Waals surface area contributed by atoms with Crippen molar-refractivity contribution in [3.63, 3.8) is 0 Å². The van der Waals surface area contributed by atoms with Crippen LogP contribution >= 0.6 is 11.6 Å². The first-order valence-electron chi connectivity index (χ1n) is 8.79. The number of aryl methyl sites for hydroxylation is 1. The van der Waals surface area contributed by atoms with Crippen molar-refractivity contribution in [2.45, 2.75) is 24.8 Å². The number of halogens is 1. The van der Waals surface area contributed by atoms with Gasteiger partial charge in [0.25, 0.3) is 0 Å². The Morgan fingerprint density at radius 3 is 2.90 bits per heavy atom. The summed E-state index contributed by atoms with van der Waals surface area (Å²) >= 11 is 5.96. The summed E-state index contributed by atoms with van der Waals surface area (Å²) in [5, 5.41) is 8.68. The number of nitrogens with zero attached hydrogens (tertiary/aromatic N) is 5. The summed E-state index contributed by atoms with van der Waals surface area (Å²) in [4.78, 5) is 4.10. The molecule has 0 spiro atoms. The Morgan fingerprint density at radius 2 is 2.14 bits per heavy atom. The Morgan fingerprint density at radius 1 is 1.31 bits per heavy atom. The molecule has 4 rings (SSSR count). The Kier molecular flexibility index (Phi) is 5.05. The molecule has 29 heavy (non-hydrogen) atoms. The van der Waals surface area contributed by atoms with E-state index in [1.165, 1.54) is 25.4 Å². The van der Waals surface area contributed by atoms with Crippen LogP contribution in [0.15, 0.2) is 35.4 Å². The normalized spacial score (nSPS) is 13.1. The highest BCUT2D eigenvalue weighted by Gasteiger charge is 2.21. The average molecular weight is 435 g/mol. The number of rotatable bonds is 5. The average Bonchev–Trinajstić information content (AvgIpc) is 3.02. The molecule has 1 aliphatic heterocycles. The van der Waals surface area contributed by atoms with Crippen LogP contribution < -0.4 is 9.47 Å². The van der Waals surface area contributed by atoms with Crippen LogP contribution in [0.1, 0.15) is 12.7 Å². The van der Waals surface area contributed by atoms with Crippen LogP contribution in [0.5, 0.6) is 11.6 Å². The lowest BCUT2D eigenvalue weighted by molar-refractivity contribution is 0.294. The summed E-state index contributed by atoms with van der Waals surface area (Å²) in [7, 11) is -2.72. The molecule has 0 saturated carbocycles. The van der Waals surface area contributed by atoms with E-state index in [0.717, 1.165) is 5.82 Å². The number of hydrogen-bond donors (Lipinski definition) is 0. The Balaban J connectivity index is 1.75. The van der Waals surface area contributed by atoms with Crippen molar-refractivity contribution < 1.29 is 17.9 Å². The minimum absolute atomic E-state index is 0.129. The molecule has 1 aromatic carbocycles. The summed E-state index contributed by atoms with van der Waals surface area (Å²) in [6.07, 6.45) is 2.04. The van der Waals surface area contributed by atoms with Gasteiger partial charge in [-0.25, -0.2) is 13.4 Å². The Bertz CT molecular complexity index is 1180. The lowest BCUT2D eigenvalue weighted by atomic mass is 10.2. The van der Waals surface area contributed by atoms with Crippen LogP contribution in [0.25, 0.3) is 16.1 Å². The molecular weight excluding hydrogens is 418 g/mol. The minimum atomic E-state index is -4.10. The van der Waals surface area contributed by atoms with Gasteiger partial charge in [-0.2, -0.15) is 0 Å². The van der Waals surface area contributed by atoms with Gasteiger partial charge in [-0.3, -0.25) is 0 Å². The summed E-state index contributed by atoms with van der Waals surface area (Å²) in [5.74, 6) is 1.89. The van der Waals surface area contributed by atoms with Gasteiger partial charge in [0.2, 0.25) is 5.88 Å². The monoisotopic (exact) mass is 434 g/mol.